The van der Waals surface area contributed by atoms with E-state index in [4.69, 9.17) is 10.4 Å². The lowest BCUT2D eigenvalue weighted by atomic mass is 10.2. The van der Waals surface area contributed by atoms with Crippen molar-refractivity contribution < 1.29 is 9.90 Å². The summed E-state index contributed by atoms with van der Waals surface area (Å²) >= 11 is 0. The lowest BCUT2D eigenvalue weighted by molar-refractivity contribution is 0.190. The van der Waals surface area contributed by atoms with Crippen molar-refractivity contribution in [2.45, 2.75) is 13.0 Å². The molecule has 1 aromatic carbocycles. The summed E-state index contributed by atoms with van der Waals surface area (Å²) in [5.41, 5.74) is 1.14. The van der Waals surface area contributed by atoms with Crippen LogP contribution in [0, 0.1) is 11.3 Å². The molecule has 0 spiro atoms. The van der Waals surface area contributed by atoms with E-state index >= 15 is 0 Å². The minimum Gasteiger partial charge on any atom is -0.392 e. The SMILES string of the molecule is C[C@@H](O)CNC(=O)Nc1ccc(C#N)cc1. The van der Waals surface area contributed by atoms with E-state index in [1.54, 1.807) is 31.2 Å². The molecule has 3 N–H and O–H groups in total. The zero-order chi connectivity index (χ0) is 12.0. The third-order valence-electron chi connectivity index (χ3n) is 1.83. The highest BCUT2D eigenvalue weighted by molar-refractivity contribution is 5.89. The predicted molar refractivity (Wildman–Crippen MR) is 59.9 cm³/mol. The first kappa shape index (κ1) is 12.0. The Balaban J connectivity index is 2.47. The van der Waals surface area contributed by atoms with Gasteiger partial charge < -0.3 is 15.7 Å². The number of hydrogen-bond acceptors (Lipinski definition) is 3. The fourth-order valence-corrected chi connectivity index (χ4v) is 1.04. The van der Waals surface area contributed by atoms with Gasteiger partial charge in [0.05, 0.1) is 17.7 Å². The maximum Gasteiger partial charge on any atom is 0.319 e. The van der Waals surface area contributed by atoms with E-state index in [-0.39, 0.29) is 12.6 Å². The van der Waals surface area contributed by atoms with E-state index in [1.807, 2.05) is 6.07 Å². The Labute approximate surface area is 93.7 Å². The summed E-state index contributed by atoms with van der Waals surface area (Å²) in [5, 5.41) is 22.6. The first-order valence-electron chi connectivity index (χ1n) is 4.85. The van der Waals surface area contributed by atoms with Crippen molar-refractivity contribution in [1.82, 2.24) is 5.32 Å². The van der Waals surface area contributed by atoms with Crippen molar-refractivity contribution in [3.63, 3.8) is 0 Å². The van der Waals surface area contributed by atoms with Gasteiger partial charge in [-0.1, -0.05) is 0 Å². The zero-order valence-corrected chi connectivity index (χ0v) is 8.90. The first-order chi connectivity index (χ1) is 7.61. The van der Waals surface area contributed by atoms with Crippen LogP contribution < -0.4 is 10.6 Å². The van der Waals surface area contributed by atoms with Crippen molar-refractivity contribution in [1.29, 1.82) is 5.26 Å². The number of urea groups is 1. The van der Waals surface area contributed by atoms with Gasteiger partial charge in [0.1, 0.15) is 0 Å². The minimum absolute atomic E-state index is 0.197. The van der Waals surface area contributed by atoms with Crippen LogP contribution in [0.25, 0.3) is 0 Å². The molecule has 2 amide bonds. The fourth-order valence-electron chi connectivity index (χ4n) is 1.04. The van der Waals surface area contributed by atoms with Gasteiger partial charge in [0.25, 0.3) is 0 Å². The van der Waals surface area contributed by atoms with Crippen LogP contribution in [-0.4, -0.2) is 23.8 Å². The maximum absolute atomic E-state index is 11.3. The van der Waals surface area contributed by atoms with Gasteiger partial charge >= 0.3 is 6.03 Å². The molecule has 1 aromatic rings. The van der Waals surface area contributed by atoms with E-state index in [0.717, 1.165) is 0 Å². The fraction of sp³-hybridized carbons (Fsp3) is 0.273. The number of aliphatic hydroxyl groups is 1. The molecule has 1 rings (SSSR count). The number of rotatable bonds is 3. The Bertz CT molecular complexity index is 393. The Morgan fingerprint density at radius 3 is 2.62 bits per heavy atom. The summed E-state index contributed by atoms with van der Waals surface area (Å²) in [7, 11) is 0. The summed E-state index contributed by atoms with van der Waals surface area (Å²) in [6.07, 6.45) is -0.577. The Morgan fingerprint density at radius 2 is 2.12 bits per heavy atom. The molecule has 0 fully saturated rings. The molecule has 0 aliphatic rings. The molecule has 5 heteroatoms. The zero-order valence-electron chi connectivity index (χ0n) is 8.90. The van der Waals surface area contributed by atoms with Gasteiger partial charge in [-0.2, -0.15) is 5.26 Å². The molecule has 0 heterocycles. The van der Waals surface area contributed by atoms with Crippen molar-refractivity contribution in [2.24, 2.45) is 0 Å². The number of amides is 2. The lowest BCUT2D eigenvalue weighted by Gasteiger charge is -2.08. The third-order valence-corrected chi connectivity index (χ3v) is 1.83. The van der Waals surface area contributed by atoms with Crippen molar-refractivity contribution >= 4 is 11.7 Å². The van der Waals surface area contributed by atoms with Crippen molar-refractivity contribution in [2.75, 3.05) is 11.9 Å². The van der Waals surface area contributed by atoms with E-state index in [0.29, 0.717) is 11.3 Å². The molecule has 0 aromatic heterocycles. The molecule has 16 heavy (non-hydrogen) atoms. The molecule has 0 radical (unpaired) electrons. The second-order valence-corrected chi connectivity index (χ2v) is 3.37. The van der Waals surface area contributed by atoms with Crippen LogP contribution in [0.4, 0.5) is 10.5 Å². The second-order valence-electron chi connectivity index (χ2n) is 3.37. The molecule has 0 aliphatic carbocycles. The van der Waals surface area contributed by atoms with E-state index in [2.05, 4.69) is 10.6 Å². The standard InChI is InChI=1S/C11H13N3O2/c1-8(15)7-13-11(16)14-10-4-2-9(6-12)3-5-10/h2-5,8,15H,7H2,1H3,(H2,13,14,16)/t8-/m1/s1. The number of aliphatic hydroxyl groups excluding tert-OH is 1. The van der Waals surface area contributed by atoms with Crippen LogP contribution in [0.5, 0.6) is 0 Å². The van der Waals surface area contributed by atoms with Crippen LogP contribution in [0.3, 0.4) is 0 Å². The summed E-state index contributed by atoms with van der Waals surface area (Å²) < 4.78 is 0. The van der Waals surface area contributed by atoms with Gasteiger partial charge in [0, 0.05) is 12.2 Å². The van der Waals surface area contributed by atoms with Crippen molar-refractivity contribution in [3.05, 3.63) is 29.8 Å². The second kappa shape index (κ2) is 5.73. The number of anilines is 1. The Hall–Kier alpha value is -2.06. The molecular weight excluding hydrogens is 206 g/mol. The predicted octanol–water partition coefficient (Wildman–Crippen LogP) is 1.06. The highest BCUT2D eigenvalue weighted by atomic mass is 16.3. The minimum atomic E-state index is -0.577. The van der Waals surface area contributed by atoms with Crippen molar-refractivity contribution in [3.8, 4) is 6.07 Å². The van der Waals surface area contributed by atoms with Gasteiger partial charge in [-0.15, -0.1) is 0 Å². The summed E-state index contributed by atoms with van der Waals surface area (Å²) in [5.74, 6) is 0. The number of nitrogens with zero attached hydrogens (tertiary/aromatic N) is 1. The van der Waals surface area contributed by atoms with E-state index in [1.165, 1.54) is 0 Å². The van der Waals surface area contributed by atoms with E-state index in [9.17, 15) is 4.79 Å². The Morgan fingerprint density at radius 1 is 1.50 bits per heavy atom. The quantitative estimate of drug-likeness (QED) is 0.710. The highest BCUT2D eigenvalue weighted by Crippen LogP contribution is 2.08. The first-order valence-corrected chi connectivity index (χ1v) is 4.85. The van der Waals surface area contributed by atoms with Gasteiger partial charge in [0.15, 0.2) is 0 Å². The molecule has 0 saturated carbocycles. The van der Waals surface area contributed by atoms with E-state index < -0.39 is 6.10 Å². The number of benzene rings is 1. The molecule has 0 bridgehead atoms. The topological polar surface area (TPSA) is 85.2 Å². The summed E-state index contributed by atoms with van der Waals surface area (Å²) in [6.45, 7) is 1.78. The molecule has 5 nitrogen and oxygen atoms in total. The molecule has 0 saturated heterocycles. The number of nitriles is 1. The number of carbonyl (C=O) groups is 1. The number of hydrogen-bond donors (Lipinski definition) is 3. The molecular formula is C11H13N3O2. The van der Waals surface area contributed by atoms with Crippen LogP contribution in [0.15, 0.2) is 24.3 Å². The maximum atomic E-state index is 11.3. The number of nitrogens with one attached hydrogen (secondary N) is 2. The van der Waals surface area contributed by atoms with Gasteiger partial charge in [-0.3, -0.25) is 0 Å². The van der Waals surface area contributed by atoms with Crippen LogP contribution in [-0.2, 0) is 0 Å². The molecule has 0 unspecified atom stereocenters. The van der Waals surface area contributed by atoms with Gasteiger partial charge in [-0.25, -0.2) is 4.79 Å². The Kier molecular flexibility index (Phi) is 4.30. The number of carbonyl (C=O) groups excluding carboxylic acids is 1. The van der Waals surface area contributed by atoms with Crippen LogP contribution in [0.2, 0.25) is 0 Å². The summed E-state index contributed by atoms with van der Waals surface area (Å²) in [4.78, 5) is 11.3. The molecule has 0 aliphatic heterocycles. The van der Waals surface area contributed by atoms with Crippen LogP contribution in [0.1, 0.15) is 12.5 Å². The summed E-state index contributed by atoms with van der Waals surface area (Å²) in [6, 6.07) is 8.11. The van der Waals surface area contributed by atoms with Gasteiger partial charge in [0.2, 0.25) is 0 Å². The monoisotopic (exact) mass is 219 g/mol. The normalized spacial score (nSPS) is 11.3. The largest absolute Gasteiger partial charge is 0.392 e. The average Bonchev–Trinajstić information content (AvgIpc) is 2.27. The average molecular weight is 219 g/mol. The van der Waals surface area contributed by atoms with Gasteiger partial charge in [-0.05, 0) is 31.2 Å². The smallest absolute Gasteiger partial charge is 0.319 e. The highest BCUT2D eigenvalue weighted by Gasteiger charge is 2.02. The third kappa shape index (κ3) is 3.98. The lowest BCUT2D eigenvalue weighted by Crippen LogP contribution is -2.34. The molecule has 84 valence electrons. The van der Waals surface area contributed by atoms with Crippen LogP contribution >= 0.6 is 0 Å². The molecule has 1 atom stereocenters.